The molecule has 3 N–H and O–H groups in total. The van der Waals surface area contributed by atoms with E-state index in [2.05, 4.69) is 32.8 Å². The number of alkyl halides is 2. The SMILES string of the molecule is O=C(CN1CC[C@H]2NC(=O)[C@@H](Cc3ccccc3)NC(=O)C3(CC=CC[C@H]2C1)CCOCC3)Nc1ccccc1OC(F)F. The first kappa shape index (κ1) is 31.6. The van der Waals surface area contributed by atoms with E-state index >= 15 is 0 Å². The first-order valence-electron chi connectivity index (χ1n) is 15.3. The Labute approximate surface area is 256 Å². The second-order valence-electron chi connectivity index (χ2n) is 11.8. The number of anilines is 1. The molecule has 0 unspecified atom stereocenters. The van der Waals surface area contributed by atoms with Crippen molar-refractivity contribution in [1.82, 2.24) is 15.5 Å². The van der Waals surface area contributed by atoms with Crippen molar-refractivity contribution < 1.29 is 32.6 Å². The first-order chi connectivity index (χ1) is 21.3. The molecule has 3 amide bonds. The predicted molar refractivity (Wildman–Crippen MR) is 161 cm³/mol. The normalized spacial score (nSPS) is 24.4. The van der Waals surface area contributed by atoms with E-state index in [0.717, 1.165) is 5.56 Å². The maximum Gasteiger partial charge on any atom is 0.387 e. The van der Waals surface area contributed by atoms with Gasteiger partial charge in [0.1, 0.15) is 11.8 Å². The lowest BCUT2D eigenvalue weighted by Gasteiger charge is -2.40. The molecule has 9 nitrogen and oxygen atoms in total. The summed E-state index contributed by atoms with van der Waals surface area (Å²) in [5.74, 6) is -0.732. The number of nitrogens with one attached hydrogen (secondary N) is 3. The van der Waals surface area contributed by atoms with Crippen molar-refractivity contribution in [3.63, 3.8) is 0 Å². The molecule has 11 heteroatoms. The summed E-state index contributed by atoms with van der Waals surface area (Å²) in [4.78, 5) is 42.4. The van der Waals surface area contributed by atoms with Crippen molar-refractivity contribution in [3.8, 4) is 5.75 Å². The number of piperidine rings is 1. The van der Waals surface area contributed by atoms with Crippen molar-refractivity contribution in [2.45, 2.75) is 57.2 Å². The minimum atomic E-state index is -3.00. The number of likely N-dealkylation sites (tertiary alicyclic amines) is 1. The van der Waals surface area contributed by atoms with Crippen LogP contribution >= 0.6 is 0 Å². The van der Waals surface area contributed by atoms with Gasteiger partial charge in [-0.3, -0.25) is 19.3 Å². The van der Waals surface area contributed by atoms with Gasteiger partial charge in [-0.25, -0.2) is 0 Å². The summed E-state index contributed by atoms with van der Waals surface area (Å²) in [5.41, 5.74) is 0.505. The Morgan fingerprint density at radius 1 is 1.05 bits per heavy atom. The predicted octanol–water partition coefficient (Wildman–Crippen LogP) is 3.91. The minimum Gasteiger partial charge on any atom is -0.433 e. The maximum atomic E-state index is 13.8. The highest BCUT2D eigenvalue weighted by atomic mass is 19.3. The number of amides is 3. The Balaban J connectivity index is 1.30. The largest absolute Gasteiger partial charge is 0.433 e. The summed E-state index contributed by atoms with van der Waals surface area (Å²) in [6.07, 6.45) is 7.56. The van der Waals surface area contributed by atoms with Gasteiger partial charge < -0.3 is 25.4 Å². The third kappa shape index (κ3) is 8.21. The zero-order valence-corrected chi connectivity index (χ0v) is 24.7. The molecule has 2 aromatic rings. The number of allylic oxidation sites excluding steroid dienone is 2. The number of halogens is 2. The molecule has 2 saturated heterocycles. The van der Waals surface area contributed by atoms with Gasteiger partial charge in [0.15, 0.2) is 0 Å². The number of ether oxygens (including phenoxy) is 2. The Morgan fingerprint density at radius 3 is 2.57 bits per heavy atom. The quantitative estimate of drug-likeness (QED) is 0.411. The molecule has 2 aromatic carbocycles. The number of carbonyl (C=O) groups excluding carboxylic acids is 3. The Morgan fingerprint density at radius 2 is 1.80 bits per heavy atom. The first-order valence-corrected chi connectivity index (χ1v) is 15.3. The Kier molecular flexibility index (Phi) is 10.6. The Bertz CT molecular complexity index is 1320. The Hall–Kier alpha value is -3.83. The van der Waals surface area contributed by atoms with Crippen molar-refractivity contribution in [2.24, 2.45) is 11.3 Å². The third-order valence-electron chi connectivity index (χ3n) is 8.84. The number of benzene rings is 2. The smallest absolute Gasteiger partial charge is 0.387 e. The van der Waals surface area contributed by atoms with Crippen molar-refractivity contribution in [1.29, 1.82) is 0 Å². The second kappa shape index (κ2) is 14.8. The van der Waals surface area contributed by atoms with Crippen molar-refractivity contribution in [3.05, 3.63) is 72.3 Å². The molecule has 3 atom stereocenters. The second-order valence-corrected chi connectivity index (χ2v) is 11.8. The van der Waals surface area contributed by atoms with Crippen LogP contribution in [0.5, 0.6) is 5.75 Å². The average molecular weight is 611 g/mol. The standard InChI is InChI=1S/C33H40F2N4O5/c34-32(35)44-28-12-5-4-11-26(28)36-29(40)22-39-17-13-25-24(21-39)10-6-7-14-33(15-18-43-19-16-33)31(42)38-27(30(41)37-25)20-23-8-2-1-3-9-23/h1-9,11-12,24-25,27,32H,10,13-22H2,(H,36,40)(H,37,41)(H,38,42)/t24-,25+,27+/m0/s1. The van der Waals surface area contributed by atoms with Crippen molar-refractivity contribution in [2.75, 3.05) is 38.2 Å². The molecular weight excluding hydrogens is 570 g/mol. The number of hydrogen-bond acceptors (Lipinski definition) is 6. The zero-order chi connectivity index (χ0) is 30.9. The summed E-state index contributed by atoms with van der Waals surface area (Å²) in [7, 11) is 0. The number of hydrogen-bond donors (Lipinski definition) is 3. The molecule has 44 heavy (non-hydrogen) atoms. The molecule has 0 aliphatic carbocycles. The van der Waals surface area contributed by atoms with Crippen LogP contribution in [0.3, 0.4) is 0 Å². The van der Waals surface area contributed by atoms with Crippen LogP contribution in [0.2, 0.25) is 0 Å². The van der Waals surface area contributed by atoms with Gasteiger partial charge in [0.05, 0.1) is 17.6 Å². The average Bonchev–Trinajstić information content (AvgIpc) is 3.01. The third-order valence-corrected chi connectivity index (χ3v) is 8.84. The summed E-state index contributed by atoms with van der Waals surface area (Å²) in [6, 6.07) is 14.9. The lowest BCUT2D eigenvalue weighted by Crippen LogP contribution is -2.58. The summed E-state index contributed by atoms with van der Waals surface area (Å²) >= 11 is 0. The minimum absolute atomic E-state index is 0.0318. The van der Waals surface area contributed by atoms with Crippen molar-refractivity contribution >= 4 is 23.4 Å². The van der Waals surface area contributed by atoms with Crippen LogP contribution in [0.4, 0.5) is 14.5 Å². The number of carbonyl (C=O) groups is 3. The fourth-order valence-electron chi connectivity index (χ4n) is 6.36. The topological polar surface area (TPSA) is 109 Å². The van der Waals surface area contributed by atoms with E-state index in [0.29, 0.717) is 64.8 Å². The van der Waals surface area contributed by atoms with Gasteiger partial charge in [0, 0.05) is 38.8 Å². The van der Waals surface area contributed by atoms with Crippen LogP contribution in [0, 0.1) is 11.3 Å². The molecule has 3 aliphatic rings. The summed E-state index contributed by atoms with van der Waals surface area (Å²) in [6.45, 7) is -0.814. The maximum absolute atomic E-state index is 13.8. The fourth-order valence-corrected chi connectivity index (χ4v) is 6.36. The summed E-state index contributed by atoms with van der Waals surface area (Å²) in [5, 5.41) is 9.02. The van der Waals surface area contributed by atoms with E-state index in [1.807, 2.05) is 35.2 Å². The molecule has 3 aliphatic heterocycles. The molecule has 0 radical (unpaired) electrons. The van der Waals surface area contributed by atoms with E-state index in [1.165, 1.54) is 12.1 Å². The van der Waals surface area contributed by atoms with E-state index in [4.69, 9.17) is 4.74 Å². The molecule has 2 fully saturated rings. The molecule has 236 valence electrons. The molecule has 1 spiro atoms. The van der Waals surface area contributed by atoms with E-state index in [1.54, 1.807) is 12.1 Å². The van der Waals surface area contributed by atoms with Gasteiger partial charge >= 0.3 is 6.61 Å². The van der Waals surface area contributed by atoms with Gasteiger partial charge in [-0.05, 0) is 55.7 Å². The number of nitrogens with zero attached hydrogens (tertiary/aromatic N) is 1. The number of fused-ring (bicyclic) bond motifs is 1. The van der Waals surface area contributed by atoms with Crippen LogP contribution in [-0.4, -0.2) is 74.2 Å². The van der Waals surface area contributed by atoms with Crippen LogP contribution in [-0.2, 0) is 25.5 Å². The number of para-hydroxylation sites is 2. The fraction of sp³-hybridized carbons (Fsp3) is 0.485. The van der Waals surface area contributed by atoms with Crippen LogP contribution in [0.1, 0.15) is 37.7 Å². The summed E-state index contributed by atoms with van der Waals surface area (Å²) < 4.78 is 35.7. The van der Waals surface area contributed by atoms with Gasteiger partial charge in [-0.1, -0.05) is 54.6 Å². The highest BCUT2D eigenvalue weighted by Gasteiger charge is 2.41. The molecule has 5 rings (SSSR count). The van der Waals surface area contributed by atoms with Crippen LogP contribution in [0.15, 0.2) is 66.7 Å². The highest BCUT2D eigenvalue weighted by Crippen LogP contribution is 2.36. The van der Waals surface area contributed by atoms with Gasteiger partial charge in [-0.2, -0.15) is 8.78 Å². The molecular formula is C33H40F2N4O5. The van der Waals surface area contributed by atoms with Gasteiger partial charge in [0.25, 0.3) is 0 Å². The van der Waals surface area contributed by atoms with Crippen LogP contribution in [0.25, 0.3) is 0 Å². The highest BCUT2D eigenvalue weighted by molar-refractivity contribution is 5.93. The number of rotatable bonds is 7. The van der Waals surface area contributed by atoms with Gasteiger partial charge in [0.2, 0.25) is 17.7 Å². The molecule has 0 saturated carbocycles. The lowest BCUT2D eigenvalue weighted by molar-refractivity contribution is -0.140. The molecule has 0 aromatic heterocycles. The molecule has 0 bridgehead atoms. The molecule has 3 heterocycles. The van der Waals surface area contributed by atoms with Gasteiger partial charge in [-0.15, -0.1) is 0 Å². The van der Waals surface area contributed by atoms with E-state index in [9.17, 15) is 23.2 Å². The zero-order valence-electron chi connectivity index (χ0n) is 24.7. The lowest BCUT2D eigenvalue weighted by atomic mass is 9.75. The van der Waals surface area contributed by atoms with Crippen LogP contribution < -0.4 is 20.7 Å². The van der Waals surface area contributed by atoms with E-state index in [-0.39, 0.29) is 47.7 Å². The van der Waals surface area contributed by atoms with E-state index < -0.39 is 18.1 Å². The monoisotopic (exact) mass is 610 g/mol.